The first-order chi connectivity index (χ1) is 9.90. The second-order valence-electron chi connectivity index (χ2n) is 4.92. The van der Waals surface area contributed by atoms with Crippen LogP contribution in [0.4, 0.5) is 15.9 Å². The standard InChI is InChI=1S/C15H16Cl2FN3/c1-9(10-7-13(18)12(17)8-11(10)16)20-14-5-4-6-19-15(14)21(2)3/h4-9,20H,1-3H3. The van der Waals surface area contributed by atoms with E-state index in [9.17, 15) is 4.39 Å². The summed E-state index contributed by atoms with van der Waals surface area (Å²) in [5.41, 5.74) is 1.49. The molecule has 21 heavy (non-hydrogen) atoms. The van der Waals surface area contributed by atoms with Gasteiger partial charge in [-0.05, 0) is 36.8 Å². The molecule has 0 amide bonds. The van der Waals surface area contributed by atoms with Gasteiger partial charge in [0.05, 0.1) is 16.8 Å². The Morgan fingerprint density at radius 1 is 1.24 bits per heavy atom. The van der Waals surface area contributed by atoms with Gasteiger partial charge in [-0.1, -0.05) is 23.2 Å². The summed E-state index contributed by atoms with van der Waals surface area (Å²) in [6, 6.07) is 6.34. The molecule has 1 aromatic heterocycles. The highest BCUT2D eigenvalue weighted by Gasteiger charge is 2.15. The number of halogens is 3. The van der Waals surface area contributed by atoms with Gasteiger partial charge >= 0.3 is 0 Å². The lowest BCUT2D eigenvalue weighted by Gasteiger charge is -2.21. The number of benzene rings is 1. The molecule has 0 radical (unpaired) electrons. The van der Waals surface area contributed by atoms with Gasteiger partial charge < -0.3 is 10.2 Å². The minimum atomic E-state index is -0.483. The molecule has 1 unspecified atom stereocenters. The van der Waals surface area contributed by atoms with Gasteiger partial charge in [-0.3, -0.25) is 0 Å². The maximum Gasteiger partial charge on any atom is 0.151 e. The first-order valence-electron chi connectivity index (χ1n) is 6.43. The van der Waals surface area contributed by atoms with Crippen molar-refractivity contribution in [1.29, 1.82) is 0 Å². The van der Waals surface area contributed by atoms with E-state index in [1.165, 1.54) is 12.1 Å². The number of aromatic nitrogens is 1. The first kappa shape index (κ1) is 15.9. The Morgan fingerprint density at radius 2 is 1.95 bits per heavy atom. The summed E-state index contributed by atoms with van der Waals surface area (Å²) in [6.45, 7) is 1.90. The van der Waals surface area contributed by atoms with Crippen molar-refractivity contribution in [3.05, 3.63) is 51.9 Å². The van der Waals surface area contributed by atoms with Gasteiger partial charge in [-0.15, -0.1) is 0 Å². The smallest absolute Gasteiger partial charge is 0.151 e. The van der Waals surface area contributed by atoms with Crippen molar-refractivity contribution < 1.29 is 4.39 Å². The summed E-state index contributed by atoms with van der Waals surface area (Å²) in [4.78, 5) is 6.22. The monoisotopic (exact) mass is 327 g/mol. The van der Waals surface area contributed by atoms with Crippen molar-refractivity contribution in [2.24, 2.45) is 0 Å². The van der Waals surface area contributed by atoms with Crippen LogP contribution >= 0.6 is 23.2 Å². The van der Waals surface area contributed by atoms with E-state index in [4.69, 9.17) is 23.2 Å². The number of hydrogen-bond acceptors (Lipinski definition) is 3. The van der Waals surface area contributed by atoms with Crippen LogP contribution in [0.3, 0.4) is 0 Å². The van der Waals surface area contributed by atoms with Crippen molar-refractivity contribution in [2.75, 3.05) is 24.3 Å². The SMILES string of the molecule is CC(Nc1cccnc1N(C)C)c1cc(F)c(Cl)cc1Cl. The summed E-state index contributed by atoms with van der Waals surface area (Å²) < 4.78 is 13.6. The quantitative estimate of drug-likeness (QED) is 0.820. The molecular formula is C15H16Cl2FN3. The predicted octanol–water partition coefficient (Wildman–Crippen LogP) is 4.77. The molecule has 0 spiro atoms. The zero-order valence-corrected chi connectivity index (χ0v) is 13.5. The molecule has 0 fully saturated rings. The van der Waals surface area contributed by atoms with E-state index in [-0.39, 0.29) is 11.1 Å². The van der Waals surface area contributed by atoms with Gasteiger partial charge in [0.2, 0.25) is 0 Å². The molecule has 1 atom stereocenters. The molecule has 112 valence electrons. The van der Waals surface area contributed by atoms with Crippen LogP contribution in [0.15, 0.2) is 30.5 Å². The van der Waals surface area contributed by atoms with Crippen molar-refractivity contribution >= 4 is 34.7 Å². The Kier molecular flexibility index (Phi) is 4.91. The van der Waals surface area contributed by atoms with E-state index in [1.54, 1.807) is 6.20 Å². The van der Waals surface area contributed by atoms with Crippen molar-refractivity contribution in [3.8, 4) is 0 Å². The van der Waals surface area contributed by atoms with Gasteiger partial charge in [0.15, 0.2) is 5.82 Å². The molecule has 6 heteroatoms. The molecule has 2 rings (SSSR count). The van der Waals surface area contributed by atoms with Crippen LogP contribution in [-0.2, 0) is 0 Å². The van der Waals surface area contributed by atoms with Gasteiger partial charge in [-0.25, -0.2) is 9.37 Å². The summed E-state index contributed by atoms with van der Waals surface area (Å²) in [6.07, 6.45) is 1.72. The van der Waals surface area contributed by atoms with E-state index >= 15 is 0 Å². The average molecular weight is 328 g/mol. The lowest BCUT2D eigenvalue weighted by molar-refractivity contribution is 0.624. The largest absolute Gasteiger partial charge is 0.375 e. The topological polar surface area (TPSA) is 28.2 Å². The maximum atomic E-state index is 13.6. The second kappa shape index (κ2) is 6.50. The number of hydrogen-bond donors (Lipinski definition) is 1. The van der Waals surface area contributed by atoms with Crippen LogP contribution in [0.5, 0.6) is 0 Å². The summed E-state index contributed by atoms with van der Waals surface area (Å²) in [5.74, 6) is 0.318. The molecule has 0 aliphatic rings. The van der Waals surface area contributed by atoms with Gasteiger partial charge in [0, 0.05) is 25.3 Å². The van der Waals surface area contributed by atoms with Crippen LogP contribution in [0.25, 0.3) is 0 Å². The fourth-order valence-corrected chi connectivity index (χ4v) is 2.59. The third-order valence-electron chi connectivity index (χ3n) is 3.09. The van der Waals surface area contributed by atoms with Crippen LogP contribution < -0.4 is 10.2 Å². The van der Waals surface area contributed by atoms with Crippen LogP contribution in [-0.4, -0.2) is 19.1 Å². The van der Waals surface area contributed by atoms with Gasteiger partial charge in [0.25, 0.3) is 0 Å². The minimum Gasteiger partial charge on any atom is -0.375 e. The number of nitrogens with zero attached hydrogens (tertiary/aromatic N) is 2. The highest BCUT2D eigenvalue weighted by Crippen LogP contribution is 2.32. The Bertz CT molecular complexity index is 647. The molecule has 1 aromatic carbocycles. The first-order valence-corrected chi connectivity index (χ1v) is 7.19. The molecule has 1 N–H and O–H groups in total. The number of pyridine rings is 1. The summed E-state index contributed by atoms with van der Waals surface area (Å²) in [7, 11) is 3.82. The number of rotatable bonds is 4. The van der Waals surface area contributed by atoms with Gasteiger partial charge in [-0.2, -0.15) is 0 Å². The predicted molar refractivity (Wildman–Crippen MR) is 87.0 cm³/mol. The third kappa shape index (κ3) is 3.57. The highest BCUT2D eigenvalue weighted by atomic mass is 35.5. The number of nitrogens with one attached hydrogen (secondary N) is 1. The Morgan fingerprint density at radius 3 is 2.62 bits per heavy atom. The second-order valence-corrected chi connectivity index (χ2v) is 5.74. The van der Waals surface area contributed by atoms with E-state index in [0.717, 1.165) is 11.5 Å². The maximum absolute atomic E-state index is 13.6. The minimum absolute atomic E-state index is 0.0197. The Hall–Kier alpha value is -1.52. The van der Waals surface area contributed by atoms with Crippen molar-refractivity contribution in [1.82, 2.24) is 4.98 Å². The molecule has 0 saturated carbocycles. The van der Waals surface area contributed by atoms with Crippen LogP contribution in [0.1, 0.15) is 18.5 Å². The molecule has 0 saturated heterocycles. The normalized spacial score (nSPS) is 12.1. The average Bonchev–Trinajstić information content (AvgIpc) is 2.43. The third-order valence-corrected chi connectivity index (χ3v) is 3.71. The van der Waals surface area contributed by atoms with Crippen LogP contribution in [0, 0.1) is 5.82 Å². The zero-order valence-electron chi connectivity index (χ0n) is 12.0. The molecule has 2 aromatic rings. The molecule has 0 aliphatic heterocycles. The fraction of sp³-hybridized carbons (Fsp3) is 0.267. The lowest BCUT2D eigenvalue weighted by Crippen LogP contribution is -2.15. The van der Waals surface area contributed by atoms with E-state index in [2.05, 4.69) is 10.3 Å². The summed E-state index contributed by atoms with van der Waals surface area (Å²) in [5, 5.41) is 3.74. The molecule has 0 bridgehead atoms. The lowest BCUT2D eigenvalue weighted by atomic mass is 10.1. The molecular weight excluding hydrogens is 312 g/mol. The Labute approximate surface area is 133 Å². The molecule has 0 aliphatic carbocycles. The van der Waals surface area contributed by atoms with Crippen LogP contribution in [0.2, 0.25) is 10.0 Å². The Balaban J connectivity index is 2.30. The highest BCUT2D eigenvalue weighted by molar-refractivity contribution is 6.35. The molecule has 3 nitrogen and oxygen atoms in total. The zero-order chi connectivity index (χ0) is 15.6. The van der Waals surface area contributed by atoms with Crippen molar-refractivity contribution in [2.45, 2.75) is 13.0 Å². The van der Waals surface area contributed by atoms with E-state index < -0.39 is 5.82 Å². The fourth-order valence-electron chi connectivity index (χ4n) is 2.05. The number of anilines is 2. The van der Waals surface area contributed by atoms with E-state index in [1.807, 2.05) is 38.1 Å². The summed E-state index contributed by atoms with van der Waals surface area (Å²) >= 11 is 11.9. The molecule has 1 heterocycles. The van der Waals surface area contributed by atoms with E-state index in [0.29, 0.717) is 10.6 Å². The van der Waals surface area contributed by atoms with Gasteiger partial charge in [0.1, 0.15) is 5.82 Å². The van der Waals surface area contributed by atoms with Crippen molar-refractivity contribution in [3.63, 3.8) is 0 Å².